The highest BCUT2D eigenvalue weighted by atomic mass is 79.9. The average Bonchev–Trinajstić information content (AvgIpc) is 2.60. The molecular formula is C17H14BrN3O3S. The zero-order chi connectivity index (χ0) is 17.9. The van der Waals surface area contributed by atoms with Crippen molar-refractivity contribution in [3.8, 4) is 0 Å². The van der Waals surface area contributed by atoms with Crippen LogP contribution >= 0.6 is 15.9 Å². The second kappa shape index (κ2) is 7.30. The number of hydrogen-bond donors (Lipinski definition) is 2. The lowest BCUT2D eigenvalue weighted by atomic mass is 10.2. The van der Waals surface area contributed by atoms with Crippen LogP contribution in [-0.2, 0) is 14.8 Å². The SMILES string of the molecule is O=C(CNS(=O)(=O)c1cccc(Br)c1)Nc1ccc2ccccc2n1. The van der Waals surface area contributed by atoms with Crippen LogP contribution in [0.4, 0.5) is 5.82 Å². The standard InChI is InChI=1S/C17H14BrN3O3S/c18-13-5-3-6-14(10-13)25(23,24)19-11-17(22)21-16-9-8-12-4-1-2-7-15(12)20-16/h1-10,19H,11H2,(H,20,21,22). The molecule has 128 valence electrons. The van der Waals surface area contributed by atoms with Gasteiger partial charge in [-0.25, -0.2) is 18.1 Å². The van der Waals surface area contributed by atoms with Gasteiger partial charge < -0.3 is 5.32 Å². The van der Waals surface area contributed by atoms with Crippen LogP contribution in [0.1, 0.15) is 0 Å². The predicted molar refractivity (Wildman–Crippen MR) is 99.7 cm³/mol. The summed E-state index contributed by atoms with van der Waals surface area (Å²) < 4.78 is 27.3. The van der Waals surface area contributed by atoms with Crippen molar-refractivity contribution in [3.63, 3.8) is 0 Å². The van der Waals surface area contributed by atoms with E-state index in [1.165, 1.54) is 12.1 Å². The molecule has 0 fully saturated rings. The maximum Gasteiger partial charge on any atom is 0.241 e. The lowest BCUT2D eigenvalue weighted by Gasteiger charge is -2.08. The molecular weight excluding hydrogens is 406 g/mol. The summed E-state index contributed by atoms with van der Waals surface area (Å²) in [5, 5.41) is 3.54. The van der Waals surface area contributed by atoms with Gasteiger partial charge in [-0.15, -0.1) is 0 Å². The lowest BCUT2D eigenvalue weighted by Crippen LogP contribution is -2.33. The molecule has 6 nitrogen and oxygen atoms in total. The summed E-state index contributed by atoms with van der Waals surface area (Å²) in [6, 6.07) is 17.3. The van der Waals surface area contributed by atoms with E-state index in [1.54, 1.807) is 18.2 Å². The number of benzene rings is 2. The largest absolute Gasteiger partial charge is 0.310 e. The highest BCUT2D eigenvalue weighted by molar-refractivity contribution is 9.10. The van der Waals surface area contributed by atoms with Crippen LogP contribution in [0, 0.1) is 0 Å². The molecule has 2 aromatic carbocycles. The number of anilines is 1. The summed E-state index contributed by atoms with van der Waals surface area (Å²) in [6.07, 6.45) is 0. The number of para-hydroxylation sites is 1. The van der Waals surface area contributed by atoms with Crippen molar-refractivity contribution in [3.05, 3.63) is 65.1 Å². The molecule has 25 heavy (non-hydrogen) atoms. The molecule has 8 heteroatoms. The van der Waals surface area contributed by atoms with Crippen LogP contribution < -0.4 is 10.0 Å². The molecule has 1 amide bonds. The summed E-state index contributed by atoms with van der Waals surface area (Å²) in [7, 11) is -3.77. The number of hydrogen-bond acceptors (Lipinski definition) is 4. The van der Waals surface area contributed by atoms with E-state index in [0.29, 0.717) is 10.3 Å². The van der Waals surface area contributed by atoms with Gasteiger partial charge >= 0.3 is 0 Å². The molecule has 3 aromatic rings. The third-order valence-electron chi connectivity index (χ3n) is 3.40. The Morgan fingerprint density at radius 2 is 1.84 bits per heavy atom. The number of carbonyl (C=O) groups excluding carboxylic acids is 1. The van der Waals surface area contributed by atoms with E-state index in [9.17, 15) is 13.2 Å². The maximum atomic E-state index is 12.2. The number of amides is 1. The van der Waals surface area contributed by atoms with E-state index in [4.69, 9.17) is 0 Å². The third kappa shape index (κ3) is 4.41. The fourth-order valence-electron chi connectivity index (χ4n) is 2.20. The van der Waals surface area contributed by atoms with Crippen molar-refractivity contribution in [2.24, 2.45) is 0 Å². The monoisotopic (exact) mass is 419 g/mol. The molecule has 0 aliphatic rings. The molecule has 0 unspecified atom stereocenters. The number of carbonyl (C=O) groups is 1. The lowest BCUT2D eigenvalue weighted by molar-refractivity contribution is -0.115. The summed E-state index contributed by atoms with van der Waals surface area (Å²) in [4.78, 5) is 16.4. The molecule has 1 heterocycles. The number of nitrogens with zero attached hydrogens (tertiary/aromatic N) is 1. The molecule has 2 N–H and O–H groups in total. The first-order valence-electron chi connectivity index (χ1n) is 7.35. The topological polar surface area (TPSA) is 88.2 Å². The Kier molecular flexibility index (Phi) is 5.12. The number of pyridine rings is 1. The van der Waals surface area contributed by atoms with Gasteiger partial charge in [0.05, 0.1) is 17.0 Å². The molecule has 0 saturated carbocycles. The van der Waals surface area contributed by atoms with Crippen LogP contribution in [0.25, 0.3) is 10.9 Å². The second-order valence-electron chi connectivity index (χ2n) is 5.22. The van der Waals surface area contributed by atoms with Crippen LogP contribution in [0.5, 0.6) is 0 Å². The van der Waals surface area contributed by atoms with Gasteiger partial charge in [0.1, 0.15) is 5.82 Å². The van der Waals surface area contributed by atoms with Crippen LogP contribution in [0.3, 0.4) is 0 Å². The van der Waals surface area contributed by atoms with Gasteiger partial charge in [0.2, 0.25) is 15.9 Å². The van der Waals surface area contributed by atoms with Gasteiger partial charge in [0, 0.05) is 9.86 Å². The Morgan fingerprint density at radius 1 is 1.04 bits per heavy atom. The summed E-state index contributed by atoms with van der Waals surface area (Å²) in [5.41, 5.74) is 0.745. The van der Waals surface area contributed by atoms with Gasteiger partial charge in [-0.3, -0.25) is 4.79 Å². The second-order valence-corrected chi connectivity index (χ2v) is 7.90. The van der Waals surface area contributed by atoms with E-state index in [2.05, 4.69) is 31.0 Å². The van der Waals surface area contributed by atoms with E-state index < -0.39 is 15.9 Å². The Balaban J connectivity index is 1.65. The third-order valence-corrected chi connectivity index (χ3v) is 5.29. The van der Waals surface area contributed by atoms with Crippen LogP contribution in [-0.4, -0.2) is 25.9 Å². The molecule has 0 bridgehead atoms. The number of sulfonamides is 1. The normalized spacial score (nSPS) is 11.4. The van der Waals surface area contributed by atoms with Crippen LogP contribution in [0.15, 0.2) is 70.0 Å². The van der Waals surface area contributed by atoms with Gasteiger partial charge in [-0.1, -0.05) is 40.2 Å². The minimum absolute atomic E-state index is 0.0819. The molecule has 0 saturated heterocycles. The highest BCUT2D eigenvalue weighted by Gasteiger charge is 2.16. The molecule has 0 spiro atoms. The van der Waals surface area contributed by atoms with E-state index >= 15 is 0 Å². The first-order valence-corrected chi connectivity index (χ1v) is 9.62. The highest BCUT2D eigenvalue weighted by Crippen LogP contribution is 2.16. The van der Waals surface area contributed by atoms with Gasteiger partial charge in [0.25, 0.3) is 0 Å². The quantitative estimate of drug-likeness (QED) is 0.665. The molecule has 0 atom stereocenters. The van der Waals surface area contributed by atoms with Crippen LogP contribution in [0.2, 0.25) is 0 Å². The van der Waals surface area contributed by atoms with Gasteiger partial charge in [-0.2, -0.15) is 0 Å². The minimum Gasteiger partial charge on any atom is -0.310 e. The zero-order valence-corrected chi connectivity index (χ0v) is 15.3. The number of nitrogens with one attached hydrogen (secondary N) is 2. The molecule has 0 aliphatic carbocycles. The Morgan fingerprint density at radius 3 is 2.64 bits per heavy atom. The van der Waals surface area contributed by atoms with Crippen molar-refractivity contribution >= 4 is 48.6 Å². The van der Waals surface area contributed by atoms with E-state index in [1.807, 2.05) is 30.3 Å². The van der Waals surface area contributed by atoms with Crippen molar-refractivity contribution in [2.75, 3.05) is 11.9 Å². The smallest absolute Gasteiger partial charge is 0.241 e. The number of aromatic nitrogens is 1. The predicted octanol–water partition coefficient (Wildman–Crippen LogP) is 2.91. The Labute approximate surface area is 153 Å². The number of halogens is 1. The van der Waals surface area contributed by atoms with Gasteiger partial charge in [-0.05, 0) is 36.4 Å². The fourth-order valence-corrected chi connectivity index (χ4v) is 3.78. The summed E-state index contributed by atoms with van der Waals surface area (Å²) in [6.45, 7) is -0.386. The zero-order valence-electron chi connectivity index (χ0n) is 12.9. The van der Waals surface area contributed by atoms with Crippen molar-refractivity contribution in [1.29, 1.82) is 0 Å². The fraction of sp³-hybridized carbons (Fsp3) is 0.0588. The molecule has 3 rings (SSSR count). The first-order chi connectivity index (χ1) is 11.9. The molecule has 0 aliphatic heterocycles. The molecule has 1 aromatic heterocycles. The Hall–Kier alpha value is -2.29. The summed E-state index contributed by atoms with van der Waals surface area (Å²) >= 11 is 3.22. The number of rotatable bonds is 5. The summed E-state index contributed by atoms with van der Waals surface area (Å²) in [5.74, 6) is -0.133. The Bertz CT molecular complexity index is 1040. The van der Waals surface area contributed by atoms with Crippen molar-refractivity contribution in [1.82, 2.24) is 9.71 Å². The minimum atomic E-state index is -3.77. The van der Waals surface area contributed by atoms with E-state index in [0.717, 1.165) is 10.9 Å². The van der Waals surface area contributed by atoms with Gasteiger partial charge in [0.15, 0.2) is 0 Å². The average molecular weight is 420 g/mol. The number of fused-ring (bicyclic) bond motifs is 1. The van der Waals surface area contributed by atoms with E-state index in [-0.39, 0.29) is 11.4 Å². The first kappa shape index (κ1) is 17.5. The maximum absolute atomic E-state index is 12.2. The molecule has 0 radical (unpaired) electrons. The van der Waals surface area contributed by atoms with Crippen molar-refractivity contribution < 1.29 is 13.2 Å². The van der Waals surface area contributed by atoms with Crippen molar-refractivity contribution in [2.45, 2.75) is 4.90 Å².